The highest BCUT2D eigenvalue weighted by Crippen LogP contribution is 2.38. The Kier molecular flexibility index (Phi) is 4.92. The molecule has 3 nitrogen and oxygen atoms in total. The third-order valence-electron chi connectivity index (χ3n) is 4.46. The van der Waals surface area contributed by atoms with Crippen LogP contribution < -0.4 is 4.72 Å². The molecule has 2 rings (SSSR count). The lowest BCUT2D eigenvalue weighted by Gasteiger charge is -2.37. The van der Waals surface area contributed by atoms with Crippen LogP contribution in [0.25, 0.3) is 0 Å². The molecular weight excluding hydrogens is 308 g/mol. The molecule has 1 aromatic rings. The number of sulfonamides is 1. The van der Waals surface area contributed by atoms with Gasteiger partial charge in [-0.3, -0.25) is 0 Å². The van der Waals surface area contributed by atoms with Gasteiger partial charge < -0.3 is 0 Å². The van der Waals surface area contributed by atoms with Crippen molar-refractivity contribution in [3.8, 4) is 0 Å². The predicted molar refractivity (Wildman–Crippen MR) is 81.9 cm³/mol. The summed E-state index contributed by atoms with van der Waals surface area (Å²) in [6.07, 6.45) is 3.37. The van der Waals surface area contributed by atoms with Crippen LogP contribution in [0.3, 0.4) is 0 Å². The first-order valence-corrected chi connectivity index (χ1v) is 9.05. The van der Waals surface area contributed by atoms with Crippen molar-refractivity contribution < 1.29 is 17.2 Å². The van der Waals surface area contributed by atoms with Gasteiger partial charge in [-0.2, -0.15) is 0 Å². The molecular formula is C16H23F2NO2S. The minimum Gasteiger partial charge on any atom is -0.208 e. The average molecular weight is 331 g/mol. The number of hydrogen-bond acceptors (Lipinski definition) is 2. The fourth-order valence-electron chi connectivity index (χ4n) is 3.05. The predicted octanol–water partition coefficient (Wildman–Crippen LogP) is 3.85. The molecule has 0 amide bonds. The molecule has 0 aliphatic heterocycles. The Labute approximate surface area is 131 Å². The van der Waals surface area contributed by atoms with Gasteiger partial charge in [0.1, 0.15) is 16.5 Å². The maximum atomic E-state index is 13.7. The zero-order chi connectivity index (χ0) is 16.5. The van der Waals surface area contributed by atoms with E-state index in [0.717, 1.165) is 37.8 Å². The maximum Gasteiger partial charge on any atom is 0.243 e. The largest absolute Gasteiger partial charge is 0.243 e. The van der Waals surface area contributed by atoms with Gasteiger partial charge in [-0.1, -0.05) is 20.8 Å². The van der Waals surface area contributed by atoms with Crippen LogP contribution in [0.5, 0.6) is 0 Å². The van der Waals surface area contributed by atoms with Crippen LogP contribution in [0.1, 0.15) is 46.5 Å². The minimum atomic E-state index is -3.95. The molecule has 0 aromatic heterocycles. The van der Waals surface area contributed by atoms with Gasteiger partial charge >= 0.3 is 0 Å². The van der Waals surface area contributed by atoms with Crippen molar-refractivity contribution in [2.24, 2.45) is 11.3 Å². The summed E-state index contributed by atoms with van der Waals surface area (Å²) in [5.41, 5.74) is 0.215. The summed E-state index contributed by atoms with van der Waals surface area (Å²) in [6.45, 7) is 6.57. The molecule has 0 heterocycles. The lowest BCUT2D eigenvalue weighted by molar-refractivity contribution is 0.166. The molecule has 1 aliphatic rings. The van der Waals surface area contributed by atoms with Crippen molar-refractivity contribution in [2.75, 3.05) is 0 Å². The van der Waals surface area contributed by atoms with Crippen LogP contribution in [0.15, 0.2) is 23.1 Å². The first kappa shape index (κ1) is 17.3. The van der Waals surface area contributed by atoms with E-state index in [1.807, 2.05) is 0 Å². The molecule has 0 unspecified atom stereocenters. The van der Waals surface area contributed by atoms with Gasteiger partial charge in [0.05, 0.1) is 0 Å². The van der Waals surface area contributed by atoms with E-state index in [4.69, 9.17) is 0 Å². The summed E-state index contributed by atoms with van der Waals surface area (Å²) >= 11 is 0. The lowest BCUT2D eigenvalue weighted by atomic mass is 9.71. The Bertz CT molecular complexity index is 630. The first-order valence-electron chi connectivity index (χ1n) is 7.57. The van der Waals surface area contributed by atoms with Crippen LogP contribution in [-0.2, 0) is 10.0 Å². The molecule has 22 heavy (non-hydrogen) atoms. The summed E-state index contributed by atoms with van der Waals surface area (Å²) in [5, 5.41) is 0. The van der Waals surface area contributed by atoms with Gasteiger partial charge in [0.25, 0.3) is 0 Å². The molecule has 1 aromatic carbocycles. The van der Waals surface area contributed by atoms with Crippen molar-refractivity contribution in [3.63, 3.8) is 0 Å². The minimum absolute atomic E-state index is 0.187. The number of nitrogens with one attached hydrogen (secondary N) is 1. The van der Waals surface area contributed by atoms with Gasteiger partial charge in [0, 0.05) is 12.1 Å². The Morgan fingerprint density at radius 2 is 1.68 bits per heavy atom. The summed E-state index contributed by atoms with van der Waals surface area (Å²) < 4.78 is 53.6. The highest BCUT2D eigenvalue weighted by molar-refractivity contribution is 7.89. The van der Waals surface area contributed by atoms with Gasteiger partial charge in [-0.15, -0.1) is 0 Å². The van der Waals surface area contributed by atoms with Crippen LogP contribution in [-0.4, -0.2) is 14.5 Å². The zero-order valence-corrected chi connectivity index (χ0v) is 14.0. The number of benzene rings is 1. The molecule has 0 spiro atoms. The Balaban J connectivity index is 2.05. The smallest absolute Gasteiger partial charge is 0.208 e. The zero-order valence-electron chi connectivity index (χ0n) is 13.2. The molecule has 1 saturated carbocycles. The van der Waals surface area contributed by atoms with Crippen LogP contribution in [0, 0.1) is 23.0 Å². The van der Waals surface area contributed by atoms with E-state index in [-0.39, 0.29) is 11.5 Å². The third-order valence-corrected chi connectivity index (χ3v) is 6.01. The topological polar surface area (TPSA) is 46.2 Å². The Morgan fingerprint density at radius 3 is 2.18 bits per heavy atom. The second kappa shape index (κ2) is 6.24. The SMILES string of the molecule is CC(C)(C)C1CCC(NS(=O)(=O)c2ccc(F)cc2F)CC1. The number of hydrogen-bond donors (Lipinski definition) is 1. The molecule has 0 saturated heterocycles. The van der Waals surface area contributed by atoms with Crippen molar-refractivity contribution in [2.45, 2.75) is 57.4 Å². The van der Waals surface area contributed by atoms with E-state index in [0.29, 0.717) is 12.0 Å². The summed E-state index contributed by atoms with van der Waals surface area (Å²) in [5.74, 6) is -1.28. The standard InChI is InChI=1S/C16H23F2NO2S/c1-16(2,3)11-4-7-13(8-5-11)19-22(20,21)15-9-6-12(17)10-14(15)18/h6,9-11,13,19H,4-5,7-8H2,1-3H3. The molecule has 1 N–H and O–H groups in total. The fraction of sp³-hybridized carbons (Fsp3) is 0.625. The highest BCUT2D eigenvalue weighted by Gasteiger charge is 2.32. The molecule has 1 fully saturated rings. The van der Waals surface area contributed by atoms with Gasteiger partial charge in [-0.05, 0) is 49.1 Å². The van der Waals surface area contributed by atoms with E-state index >= 15 is 0 Å². The molecule has 6 heteroatoms. The van der Waals surface area contributed by atoms with Crippen molar-refractivity contribution >= 4 is 10.0 Å². The summed E-state index contributed by atoms with van der Waals surface area (Å²) in [4.78, 5) is -0.494. The van der Waals surface area contributed by atoms with Crippen molar-refractivity contribution in [3.05, 3.63) is 29.8 Å². The fourth-order valence-corrected chi connectivity index (χ4v) is 4.42. The second-order valence-corrected chi connectivity index (χ2v) is 8.79. The number of halogens is 2. The van der Waals surface area contributed by atoms with Crippen molar-refractivity contribution in [1.82, 2.24) is 4.72 Å². The molecule has 0 radical (unpaired) electrons. The van der Waals surface area contributed by atoms with Crippen LogP contribution >= 0.6 is 0 Å². The average Bonchev–Trinajstić information content (AvgIpc) is 2.37. The van der Waals surface area contributed by atoms with Crippen LogP contribution in [0.2, 0.25) is 0 Å². The monoisotopic (exact) mass is 331 g/mol. The van der Waals surface area contributed by atoms with E-state index in [1.54, 1.807) is 0 Å². The van der Waals surface area contributed by atoms with Crippen molar-refractivity contribution in [1.29, 1.82) is 0 Å². The van der Waals surface area contributed by atoms with E-state index in [1.165, 1.54) is 0 Å². The van der Waals surface area contributed by atoms with E-state index in [2.05, 4.69) is 25.5 Å². The quantitative estimate of drug-likeness (QED) is 0.914. The van der Waals surface area contributed by atoms with Gasteiger partial charge in [0.2, 0.25) is 10.0 Å². The summed E-state index contributed by atoms with van der Waals surface area (Å²) in [6, 6.07) is 2.32. The number of rotatable bonds is 3. The van der Waals surface area contributed by atoms with Gasteiger partial charge in [-0.25, -0.2) is 21.9 Å². The third kappa shape index (κ3) is 4.04. The Morgan fingerprint density at radius 1 is 1.09 bits per heavy atom. The normalized spacial score (nSPS) is 23.5. The Hall–Kier alpha value is -1.01. The van der Waals surface area contributed by atoms with E-state index in [9.17, 15) is 17.2 Å². The maximum absolute atomic E-state index is 13.7. The van der Waals surface area contributed by atoms with E-state index < -0.39 is 26.6 Å². The molecule has 1 aliphatic carbocycles. The highest BCUT2D eigenvalue weighted by atomic mass is 32.2. The molecule has 124 valence electrons. The molecule has 0 atom stereocenters. The first-order chi connectivity index (χ1) is 10.1. The van der Waals surface area contributed by atoms with Gasteiger partial charge in [0.15, 0.2) is 0 Å². The molecule has 0 bridgehead atoms. The lowest BCUT2D eigenvalue weighted by Crippen LogP contribution is -2.39. The second-order valence-electron chi connectivity index (χ2n) is 7.11. The summed E-state index contributed by atoms with van der Waals surface area (Å²) in [7, 11) is -3.95. The van der Waals surface area contributed by atoms with Crippen LogP contribution in [0.4, 0.5) is 8.78 Å².